The van der Waals surface area contributed by atoms with Crippen LogP contribution in [-0.2, 0) is 19.4 Å². The number of aliphatic imine (C=N–C) groups is 1. The van der Waals surface area contributed by atoms with E-state index in [9.17, 15) is 18.7 Å². The van der Waals surface area contributed by atoms with Gasteiger partial charge >= 0.3 is 0 Å². The number of hydrogen-bond donors (Lipinski definition) is 3. The molecule has 0 unspecified atom stereocenters. The molecule has 2 aliphatic rings. The first-order valence-electron chi connectivity index (χ1n) is 13.9. The van der Waals surface area contributed by atoms with Gasteiger partial charge in [0.1, 0.15) is 5.75 Å². The minimum absolute atomic E-state index is 0.0151. The molecule has 3 aromatic rings. The maximum absolute atomic E-state index is 14.1. The van der Waals surface area contributed by atoms with Gasteiger partial charge in [-0.3, -0.25) is 10.2 Å². The van der Waals surface area contributed by atoms with Crippen molar-refractivity contribution in [2.45, 2.75) is 48.3 Å². The third-order valence-electron chi connectivity index (χ3n) is 7.22. The first kappa shape index (κ1) is 30.1. The third kappa shape index (κ3) is 6.98. The molecule has 1 heterocycles. The lowest BCUT2D eigenvalue weighted by atomic mass is 9.84. The van der Waals surface area contributed by atoms with Gasteiger partial charge in [-0.1, -0.05) is 47.6 Å². The molecular formula is C30H32N6O6S. The van der Waals surface area contributed by atoms with Gasteiger partial charge in [-0.05, 0) is 54.8 Å². The van der Waals surface area contributed by atoms with Crippen LogP contribution in [0.2, 0.25) is 0 Å². The van der Waals surface area contributed by atoms with E-state index < -0.39 is 33.1 Å². The number of nitrogens with zero attached hydrogens (tertiary/aromatic N) is 4. The molecular weight excluding hydrogens is 572 g/mol. The van der Waals surface area contributed by atoms with E-state index in [2.05, 4.69) is 20.9 Å². The number of azide groups is 1. The molecule has 12 nitrogen and oxygen atoms in total. The second kappa shape index (κ2) is 13.3. The van der Waals surface area contributed by atoms with Gasteiger partial charge < -0.3 is 14.6 Å². The number of hydrazine groups is 1. The minimum Gasteiger partial charge on any atom is -0.494 e. The predicted molar refractivity (Wildman–Crippen MR) is 159 cm³/mol. The van der Waals surface area contributed by atoms with Gasteiger partial charge in [0.25, 0.3) is 5.91 Å². The molecule has 1 aliphatic heterocycles. The van der Waals surface area contributed by atoms with E-state index in [4.69, 9.17) is 19.6 Å². The highest BCUT2D eigenvalue weighted by molar-refractivity contribution is 7.91. The van der Waals surface area contributed by atoms with E-state index in [1.165, 1.54) is 12.1 Å². The van der Waals surface area contributed by atoms with Crippen LogP contribution in [0.1, 0.15) is 42.9 Å². The first-order chi connectivity index (χ1) is 20.9. The van der Waals surface area contributed by atoms with E-state index in [0.717, 1.165) is 12.8 Å². The van der Waals surface area contributed by atoms with Crippen molar-refractivity contribution in [2.75, 3.05) is 19.0 Å². The Bertz CT molecular complexity index is 1620. The molecule has 0 saturated heterocycles. The number of carbonyl (C=O) groups is 1. The fraction of sp³-hybridized carbons (Fsp3) is 0.333. The van der Waals surface area contributed by atoms with Gasteiger partial charge in [0.2, 0.25) is 5.90 Å². The molecule has 13 heteroatoms. The van der Waals surface area contributed by atoms with Crippen molar-refractivity contribution in [1.82, 2.24) is 10.9 Å². The van der Waals surface area contributed by atoms with Gasteiger partial charge in [0, 0.05) is 47.2 Å². The van der Waals surface area contributed by atoms with Gasteiger partial charge in [-0.15, -0.1) is 0 Å². The standard InChI is InChI=1S/C30H32N6O6S/c31-36-34-26-10-5-4-9-25(26)27-30(29(38)35-33-22-13-14-22,17-20-43(39,40)24-7-2-1-3-8-24)32-28(42-27)21-11-15-23(16-12-21)41-19-6-18-37/h1-5,7-12,15-16,22,27,33,37H,6,13-14,17-20H2,(H,35,38)/t27-,30-/m0/s1. The number of aliphatic hydroxyl groups is 1. The molecule has 0 spiro atoms. The number of sulfone groups is 1. The van der Waals surface area contributed by atoms with Crippen molar-refractivity contribution in [2.24, 2.45) is 10.1 Å². The zero-order valence-electron chi connectivity index (χ0n) is 23.3. The van der Waals surface area contributed by atoms with Crippen LogP contribution in [0.4, 0.5) is 5.69 Å². The Kier molecular flexibility index (Phi) is 9.27. The smallest absolute Gasteiger partial charge is 0.266 e. The fourth-order valence-electron chi connectivity index (χ4n) is 4.73. The predicted octanol–water partition coefficient (Wildman–Crippen LogP) is 4.29. The van der Waals surface area contributed by atoms with Crippen LogP contribution in [0.15, 0.2) is 93.9 Å². The van der Waals surface area contributed by atoms with E-state index in [1.807, 2.05) is 0 Å². The number of ether oxygens (including phenoxy) is 2. The molecule has 1 fully saturated rings. The Labute approximate surface area is 249 Å². The second-order valence-corrected chi connectivity index (χ2v) is 12.4. The summed E-state index contributed by atoms with van der Waals surface area (Å²) in [5.41, 5.74) is 14.4. The van der Waals surface area contributed by atoms with Crippen LogP contribution in [-0.4, -0.2) is 55.9 Å². The Morgan fingerprint density at radius 1 is 1.09 bits per heavy atom. The number of carbonyl (C=O) groups excluding carboxylic acids is 1. The number of benzene rings is 3. The van der Waals surface area contributed by atoms with Crippen molar-refractivity contribution in [1.29, 1.82) is 0 Å². The maximum atomic E-state index is 14.1. The molecule has 2 atom stereocenters. The molecule has 5 rings (SSSR count). The van der Waals surface area contributed by atoms with Crippen molar-refractivity contribution >= 4 is 27.3 Å². The lowest BCUT2D eigenvalue weighted by Gasteiger charge is -2.31. The monoisotopic (exact) mass is 604 g/mol. The summed E-state index contributed by atoms with van der Waals surface area (Å²) in [6, 6.07) is 21.7. The van der Waals surface area contributed by atoms with Gasteiger partial charge in [0.15, 0.2) is 21.5 Å². The molecule has 224 valence electrons. The van der Waals surface area contributed by atoms with Crippen molar-refractivity contribution < 1.29 is 27.8 Å². The Hall–Kier alpha value is -4.42. The molecule has 3 aromatic carbocycles. The molecule has 43 heavy (non-hydrogen) atoms. The van der Waals surface area contributed by atoms with Gasteiger partial charge in [-0.2, -0.15) is 0 Å². The van der Waals surface area contributed by atoms with E-state index in [-0.39, 0.29) is 35.6 Å². The maximum Gasteiger partial charge on any atom is 0.266 e. The largest absolute Gasteiger partial charge is 0.494 e. The van der Waals surface area contributed by atoms with E-state index >= 15 is 0 Å². The van der Waals surface area contributed by atoms with Crippen molar-refractivity contribution in [3.63, 3.8) is 0 Å². The number of amides is 1. The first-order valence-corrected chi connectivity index (χ1v) is 15.6. The average molecular weight is 605 g/mol. The highest BCUT2D eigenvalue weighted by Crippen LogP contribution is 2.46. The highest BCUT2D eigenvalue weighted by atomic mass is 32.2. The third-order valence-corrected chi connectivity index (χ3v) is 8.96. The number of hydrogen-bond acceptors (Lipinski definition) is 9. The Balaban J connectivity index is 1.57. The lowest BCUT2D eigenvalue weighted by molar-refractivity contribution is -0.130. The minimum atomic E-state index is -3.80. The van der Waals surface area contributed by atoms with Crippen LogP contribution in [0, 0.1) is 0 Å². The molecule has 1 aliphatic carbocycles. The molecule has 0 aromatic heterocycles. The summed E-state index contributed by atoms with van der Waals surface area (Å²) in [6.07, 6.45) is 0.954. The zero-order valence-corrected chi connectivity index (χ0v) is 24.1. The normalized spacial score (nSPS) is 19.6. The summed E-state index contributed by atoms with van der Waals surface area (Å²) >= 11 is 0. The summed E-state index contributed by atoms with van der Waals surface area (Å²) in [7, 11) is -3.80. The number of nitrogens with one attached hydrogen (secondary N) is 2. The van der Waals surface area contributed by atoms with Crippen LogP contribution < -0.4 is 15.6 Å². The van der Waals surface area contributed by atoms with Crippen LogP contribution in [0.25, 0.3) is 10.4 Å². The molecule has 1 saturated carbocycles. The van der Waals surface area contributed by atoms with Crippen molar-refractivity contribution in [3.05, 3.63) is 100 Å². The number of aliphatic hydroxyl groups excluding tert-OH is 1. The molecule has 3 N–H and O–H groups in total. The summed E-state index contributed by atoms with van der Waals surface area (Å²) in [5.74, 6) is -0.262. The van der Waals surface area contributed by atoms with Crippen molar-refractivity contribution in [3.8, 4) is 5.75 Å². The lowest BCUT2D eigenvalue weighted by Crippen LogP contribution is -2.53. The van der Waals surface area contributed by atoms with Gasteiger partial charge in [0.05, 0.1) is 17.3 Å². The second-order valence-electron chi connectivity index (χ2n) is 10.3. The topological polar surface area (TPSA) is 175 Å². The Morgan fingerprint density at radius 2 is 1.81 bits per heavy atom. The summed E-state index contributed by atoms with van der Waals surface area (Å²) in [5, 5.41) is 12.8. The molecule has 0 radical (unpaired) electrons. The molecule has 1 amide bonds. The Morgan fingerprint density at radius 3 is 2.51 bits per heavy atom. The molecule has 0 bridgehead atoms. The highest BCUT2D eigenvalue weighted by Gasteiger charge is 2.54. The van der Waals surface area contributed by atoms with E-state index in [0.29, 0.717) is 29.9 Å². The number of rotatable bonds is 14. The summed E-state index contributed by atoms with van der Waals surface area (Å²) < 4.78 is 38.8. The van der Waals surface area contributed by atoms with Gasteiger partial charge in [-0.25, -0.2) is 18.8 Å². The zero-order chi connectivity index (χ0) is 30.3. The van der Waals surface area contributed by atoms with Crippen LogP contribution in [0.5, 0.6) is 5.75 Å². The SMILES string of the molecule is [N-]=[N+]=Nc1ccccc1[C@@H]1OC(c2ccc(OCCCO)cc2)=N[C@]1(CCS(=O)(=O)c1ccccc1)C(=O)NNC1CC1. The summed E-state index contributed by atoms with van der Waals surface area (Å²) in [6.45, 7) is 0.361. The average Bonchev–Trinajstić information content (AvgIpc) is 3.78. The van der Waals surface area contributed by atoms with Crippen LogP contribution in [0.3, 0.4) is 0 Å². The summed E-state index contributed by atoms with van der Waals surface area (Å²) in [4.78, 5) is 22.0. The van der Waals surface area contributed by atoms with E-state index in [1.54, 1.807) is 66.7 Å². The fourth-order valence-corrected chi connectivity index (χ4v) is 6.12. The van der Waals surface area contributed by atoms with Crippen LogP contribution >= 0.6 is 0 Å². The quantitative estimate of drug-likeness (QED) is 0.0808.